The first-order chi connectivity index (χ1) is 14.5. The highest BCUT2D eigenvalue weighted by molar-refractivity contribution is 5.98. The third-order valence-corrected chi connectivity index (χ3v) is 5.47. The molecule has 0 aliphatic carbocycles. The minimum absolute atomic E-state index is 0.0844. The number of nitrogens with one attached hydrogen (secondary N) is 1. The summed E-state index contributed by atoms with van der Waals surface area (Å²) in [4.78, 5) is 35.8. The van der Waals surface area contributed by atoms with Crippen LogP contribution in [0.4, 0.5) is 4.39 Å². The van der Waals surface area contributed by atoms with Gasteiger partial charge in [0.15, 0.2) is 5.78 Å². The van der Waals surface area contributed by atoms with E-state index >= 15 is 0 Å². The molecule has 0 amide bonds. The van der Waals surface area contributed by atoms with Crippen LogP contribution in [-0.2, 0) is 4.74 Å². The van der Waals surface area contributed by atoms with Crippen molar-refractivity contribution in [2.75, 3.05) is 13.2 Å². The fraction of sp³-hybridized carbons (Fsp3) is 0.364. The number of ether oxygens (including phenoxy) is 2. The first-order valence-corrected chi connectivity index (χ1v) is 9.96. The molecule has 30 heavy (non-hydrogen) atoms. The number of pyridine rings is 1. The Hall–Kier alpha value is -3.13. The highest BCUT2D eigenvalue weighted by atomic mass is 19.1. The van der Waals surface area contributed by atoms with Gasteiger partial charge < -0.3 is 9.47 Å². The van der Waals surface area contributed by atoms with E-state index in [1.165, 1.54) is 24.5 Å². The number of rotatable bonds is 5. The molecule has 1 fully saturated rings. The number of benzene rings is 1. The maximum absolute atomic E-state index is 14.2. The molecule has 1 aliphatic heterocycles. The lowest BCUT2D eigenvalue weighted by Crippen LogP contribution is -2.22. The summed E-state index contributed by atoms with van der Waals surface area (Å²) in [7, 11) is 0. The molecule has 4 rings (SSSR count). The number of nitrogens with zero attached hydrogens (tertiary/aromatic N) is 2. The van der Waals surface area contributed by atoms with Gasteiger partial charge in [0.25, 0.3) is 5.56 Å². The van der Waals surface area contributed by atoms with Gasteiger partial charge in [-0.25, -0.2) is 4.39 Å². The number of H-pyrrole nitrogens is 1. The molecular formula is C22H22FN3O4. The van der Waals surface area contributed by atoms with Crippen LogP contribution in [0.5, 0.6) is 11.8 Å². The predicted molar refractivity (Wildman–Crippen MR) is 108 cm³/mol. The number of hydrogen-bond donors (Lipinski definition) is 1. The summed E-state index contributed by atoms with van der Waals surface area (Å²) in [6, 6.07) is 5.28. The fourth-order valence-corrected chi connectivity index (χ4v) is 3.80. The molecule has 3 aromatic rings. The number of carbonyl (C=O) groups excluding carboxylic acids is 1. The largest absolute Gasteiger partial charge is 0.425 e. The van der Waals surface area contributed by atoms with Gasteiger partial charge in [-0.1, -0.05) is 6.92 Å². The van der Waals surface area contributed by atoms with E-state index in [1.54, 1.807) is 6.07 Å². The summed E-state index contributed by atoms with van der Waals surface area (Å²) in [6.07, 6.45) is 5.56. The van der Waals surface area contributed by atoms with Crippen LogP contribution < -0.4 is 10.3 Å². The Morgan fingerprint density at radius 1 is 1.30 bits per heavy atom. The first-order valence-electron chi connectivity index (χ1n) is 9.96. The zero-order valence-corrected chi connectivity index (χ0v) is 16.6. The topological polar surface area (TPSA) is 94.2 Å². The molecule has 1 aliphatic rings. The Balaban J connectivity index is 1.59. The maximum Gasteiger partial charge on any atom is 0.302 e. The van der Waals surface area contributed by atoms with Crippen molar-refractivity contribution in [3.05, 3.63) is 58.4 Å². The van der Waals surface area contributed by atoms with Crippen molar-refractivity contribution in [2.45, 2.75) is 26.2 Å². The van der Waals surface area contributed by atoms with Gasteiger partial charge in [-0.05, 0) is 43.4 Å². The van der Waals surface area contributed by atoms with Gasteiger partial charge in [0, 0.05) is 37.0 Å². The van der Waals surface area contributed by atoms with E-state index in [2.05, 4.69) is 15.0 Å². The van der Waals surface area contributed by atoms with E-state index in [-0.39, 0.29) is 34.9 Å². The molecule has 0 radical (unpaired) electrons. The highest BCUT2D eigenvalue weighted by Crippen LogP contribution is 2.29. The van der Waals surface area contributed by atoms with Crippen LogP contribution in [0.25, 0.3) is 10.9 Å². The molecule has 2 unspecified atom stereocenters. The van der Waals surface area contributed by atoms with Crippen molar-refractivity contribution < 1.29 is 18.7 Å². The van der Waals surface area contributed by atoms with Gasteiger partial charge >= 0.3 is 6.01 Å². The first kappa shape index (κ1) is 20.2. The molecule has 1 saturated heterocycles. The van der Waals surface area contributed by atoms with Crippen molar-refractivity contribution in [3.8, 4) is 11.8 Å². The number of aromatic amines is 1. The van der Waals surface area contributed by atoms with Crippen LogP contribution in [0.3, 0.4) is 0 Å². The summed E-state index contributed by atoms with van der Waals surface area (Å²) < 4.78 is 25.3. The van der Waals surface area contributed by atoms with Crippen molar-refractivity contribution in [1.82, 2.24) is 15.0 Å². The van der Waals surface area contributed by atoms with E-state index in [0.717, 1.165) is 25.3 Å². The quantitative estimate of drug-likeness (QED) is 0.640. The van der Waals surface area contributed by atoms with E-state index in [1.807, 2.05) is 6.92 Å². The number of halogens is 1. The standard InChI is InChI=1S/C22H22FN3O4/c1-13(14-3-2-7-29-8-5-14)20(27)15-9-16(23)11-17(10-15)30-22-25-19-12-24-6-4-18(19)21(28)26-22/h4,6,9-14H,2-3,5,7-8H2,1H3,(H,25,26,28). The minimum atomic E-state index is -0.600. The molecule has 156 valence electrons. The molecule has 2 atom stereocenters. The monoisotopic (exact) mass is 411 g/mol. The van der Waals surface area contributed by atoms with E-state index in [9.17, 15) is 14.0 Å². The van der Waals surface area contributed by atoms with Gasteiger partial charge in [0.2, 0.25) is 0 Å². The summed E-state index contributed by atoms with van der Waals surface area (Å²) >= 11 is 0. The molecule has 3 heterocycles. The van der Waals surface area contributed by atoms with Crippen molar-refractivity contribution >= 4 is 16.7 Å². The third-order valence-electron chi connectivity index (χ3n) is 5.47. The Labute approximate surface area is 172 Å². The van der Waals surface area contributed by atoms with Crippen LogP contribution in [0.2, 0.25) is 0 Å². The van der Waals surface area contributed by atoms with Crippen LogP contribution in [0.15, 0.2) is 41.5 Å². The van der Waals surface area contributed by atoms with Crippen molar-refractivity contribution in [1.29, 1.82) is 0 Å². The Bertz CT molecular complexity index is 1120. The number of aromatic nitrogens is 3. The second-order valence-corrected chi connectivity index (χ2v) is 7.50. The molecule has 1 N–H and O–H groups in total. The Kier molecular flexibility index (Phi) is 5.85. The average molecular weight is 411 g/mol. The van der Waals surface area contributed by atoms with Crippen LogP contribution in [0, 0.1) is 17.7 Å². The number of ketones is 1. The lowest BCUT2D eigenvalue weighted by Gasteiger charge is -2.21. The second-order valence-electron chi connectivity index (χ2n) is 7.50. The molecule has 7 nitrogen and oxygen atoms in total. The molecule has 1 aromatic carbocycles. The fourth-order valence-electron chi connectivity index (χ4n) is 3.80. The molecular weight excluding hydrogens is 389 g/mol. The number of hydrogen-bond acceptors (Lipinski definition) is 6. The van der Waals surface area contributed by atoms with Gasteiger partial charge in [-0.15, -0.1) is 0 Å². The molecule has 8 heteroatoms. The van der Waals surface area contributed by atoms with Crippen molar-refractivity contribution in [2.24, 2.45) is 11.8 Å². The number of Topliss-reactive ketones (excluding diaryl/α,β-unsaturated/α-hetero) is 1. The second kappa shape index (κ2) is 8.71. The zero-order chi connectivity index (χ0) is 21.1. The minimum Gasteiger partial charge on any atom is -0.425 e. The van der Waals surface area contributed by atoms with Gasteiger partial charge in [0.1, 0.15) is 11.6 Å². The molecule has 0 saturated carbocycles. The number of fused-ring (bicyclic) bond motifs is 1. The number of carbonyl (C=O) groups is 1. The molecule has 2 aromatic heterocycles. The van der Waals surface area contributed by atoms with E-state index in [0.29, 0.717) is 24.1 Å². The van der Waals surface area contributed by atoms with Crippen molar-refractivity contribution in [3.63, 3.8) is 0 Å². The highest BCUT2D eigenvalue weighted by Gasteiger charge is 2.26. The SMILES string of the molecule is CC(C(=O)c1cc(F)cc(Oc2nc3cnccc3c(=O)[nH]2)c1)C1CCCOCC1. The summed E-state index contributed by atoms with van der Waals surface area (Å²) in [5.41, 5.74) is 0.190. The van der Waals surface area contributed by atoms with Crippen LogP contribution >= 0.6 is 0 Å². The maximum atomic E-state index is 14.2. The average Bonchev–Trinajstić information content (AvgIpc) is 3.02. The van der Waals surface area contributed by atoms with E-state index in [4.69, 9.17) is 9.47 Å². The van der Waals surface area contributed by atoms with E-state index < -0.39 is 11.4 Å². The van der Waals surface area contributed by atoms with Gasteiger partial charge in [-0.2, -0.15) is 4.98 Å². The lowest BCUT2D eigenvalue weighted by molar-refractivity contribution is 0.0868. The predicted octanol–water partition coefficient (Wildman–Crippen LogP) is 3.89. The van der Waals surface area contributed by atoms with Gasteiger partial charge in [0.05, 0.1) is 17.1 Å². The van der Waals surface area contributed by atoms with Gasteiger partial charge in [-0.3, -0.25) is 19.6 Å². The van der Waals surface area contributed by atoms with Crippen LogP contribution in [0.1, 0.15) is 36.5 Å². The normalized spacial score (nSPS) is 18.0. The smallest absolute Gasteiger partial charge is 0.302 e. The Morgan fingerprint density at radius 3 is 3.03 bits per heavy atom. The Morgan fingerprint density at radius 2 is 2.17 bits per heavy atom. The summed E-state index contributed by atoms with van der Waals surface area (Å²) in [5, 5.41) is 0.369. The molecule has 0 spiro atoms. The summed E-state index contributed by atoms with van der Waals surface area (Å²) in [5.74, 6) is -0.724. The van der Waals surface area contributed by atoms with Crippen LogP contribution in [-0.4, -0.2) is 33.9 Å². The zero-order valence-electron chi connectivity index (χ0n) is 16.6. The lowest BCUT2D eigenvalue weighted by atomic mass is 9.83. The molecule has 0 bridgehead atoms. The third kappa shape index (κ3) is 4.38. The summed E-state index contributed by atoms with van der Waals surface area (Å²) in [6.45, 7) is 3.22.